The van der Waals surface area contributed by atoms with Gasteiger partial charge in [0.05, 0.1) is 0 Å². The van der Waals surface area contributed by atoms with Crippen LogP contribution in [0.15, 0.2) is 28.7 Å². The van der Waals surface area contributed by atoms with Gasteiger partial charge in [0.1, 0.15) is 0 Å². The van der Waals surface area contributed by atoms with Crippen LogP contribution < -0.4 is 5.32 Å². The highest BCUT2D eigenvalue weighted by Crippen LogP contribution is 2.34. The molecular formula is C17H28BrN. The Morgan fingerprint density at radius 1 is 1.11 bits per heavy atom. The number of halogens is 1. The normalized spacial score (nSPS) is 13.8. The van der Waals surface area contributed by atoms with E-state index in [4.69, 9.17) is 0 Å². The number of benzene rings is 1. The maximum absolute atomic E-state index is 3.72. The van der Waals surface area contributed by atoms with E-state index in [9.17, 15) is 0 Å². The van der Waals surface area contributed by atoms with Gasteiger partial charge in [-0.15, -0.1) is 0 Å². The second-order valence-corrected chi connectivity index (χ2v) is 7.19. The molecule has 0 saturated heterocycles. The van der Waals surface area contributed by atoms with Gasteiger partial charge in [0.2, 0.25) is 0 Å². The SMILES string of the molecule is CCC(CC)C(CNC(C)(C)C)c1ccccc1Br. The van der Waals surface area contributed by atoms with Crippen molar-refractivity contribution in [3.8, 4) is 0 Å². The average Bonchev–Trinajstić information content (AvgIpc) is 2.34. The van der Waals surface area contributed by atoms with Crippen molar-refractivity contribution < 1.29 is 0 Å². The molecule has 2 heteroatoms. The van der Waals surface area contributed by atoms with E-state index in [1.54, 1.807) is 0 Å². The van der Waals surface area contributed by atoms with Gasteiger partial charge in [-0.25, -0.2) is 0 Å². The first kappa shape index (κ1) is 16.7. The molecule has 0 bridgehead atoms. The van der Waals surface area contributed by atoms with E-state index in [0.717, 1.165) is 12.5 Å². The zero-order valence-corrected chi connectivity index (χ0v) is 14.5. The molecule has 1 aromatic rings. The molecule has 0 aliphatic carbocycles. The Morgan fingerprint density at radius 3 is 2.16 bits per heavy atom. The van der Waals surface area contributed by atoms with Crippen LogP contribution in [0.5, 0.6) is 0 Å². The summed E-state index contributed by atoms with van der Waals surface area (Å²) in [6.45, 7) is 12.3. The van der Waals surface area contributed by atoms with E-state index in [-0.39, 0.29) is 5.54 Å². The zero-order chi connectivity index (χ0) is 14.5. The summed E-state index contributed by atoms with van der Waals surface area (Å²) in [4.78, 5) is 0. The van der Waals surface area contributed by atoms with Crippen LogP contribution in [-0.2, 0) is 0 Å². The molecule has 1 rings (SSSR count). The summed E-state index contributed by atoms with van der Waals surface area (Å²) >= 11 is 3.72. The first-order valence-electron chi connectivity index (χ1n) is 7.38. The smallest absolute Gasteiger partial charge is 0.0210 e. The molecule has 0 aliphatic heterocycles. The molecular weight excluding hydrogens is 298 g/mol. The second-order valence-electron chi connectivity index (χ2n) is 6.34. The molecule has 1 N–H and O–H groups in total. The maximum Gasteiger partial charge on any atom is 0.0210 e. The molecule has 1 unspecified atom stereocenters. The largest absolute Gasteiger partial charge is 0.311 e. The van der Waals surface area contributed by atoms with Crippen molar-refractivity contribution in [1.82, 2.24) is 5.32 Å². The van der Waals surface area contributed by atoms with Crippen LogP contribution in [0.1, 0.15) is 58.9 Å². The van der Waals surface area contributed by atoms with Gasteiger partial charge >= 0.3 is 0 Å². The molecule has 1 nitrogen and oxygen atoms in total. The topological polar surface area (TPSA) is 12.0 Å². The van der Waals surface area contributed by atoms with Gasteiger partial charge in [-0.3, -0.25) is 0 Å². The predicted molar refractivity (Wildman–Crippen MR) is 88.7 cm³/mol. The van der Waals surface area contributed by atoms with E-state index in [0.29, 0.717) is 5.92 Å². The highest BCUT2D eigenvalue weighted by molar-refractivity contribution is 9.10. The Labute approximate surface area is 127 Å². The standard InChI is InChI=1S/C17H28BrN/c1-6-13(7-2)15(12-19-17(3,4)5)14-10-8-9-11-16(14)18/h8-11,13,15,19H,6-7,12H2,1-5H3. The van der Waals surface area contributed by atoms with E-state index in [1.807, 2.05) is 0 Å². The summed E-state index contributed by atoms with van der Waals surface area (Å²) in [5.41, 5.74) is 1.61. The summed E-state index contributed by atoms with van der Waals surface area (Å²) in [6.07, 6.45) is 2.46. The third-order valence-electron chi connectivity index (χ3n) is 3.77. The first-order valence-corrected chi connectivity index (χ1v) is 8.17. The van der Waals surface area contributed by atoms with Crippen LogP contribution in [-0.4, -0.2) is 12.1 Å². The molecule has 0 amide bonds. The van der Waals surface area contributed by atoms with Crippen molar-refractivity contribution in [3.05, 3.63) is 34.3 Å². The molecule has 0 aliphatic rings. The molecule has 1 aromatic carbocycles. The molecule has 0 heterocycles. The summed E-state index contributed by atoms with van der Waals surface area (Å²) in [6, 6.07) is 8.65. The Hall–Kier alpha value is -0.340. The fraction of sp³-hybridized carbons (Fsp3) is 0.647. The minimum atomic E-state index is 0.172. The van der Waals surface area contributed by atoms with Crippen LogP contribution in [0.2, 0.25) is 0 Å². The number of nitrogens with one attached hydrogen (secondary N) is 1. The second kappa shape index (κ2) is 7.44. The molecule has 0 aromatic heterocycles. The monoisotopic (exact) mass is 325 g/mol. The van der Waals surface area contributed by atoms with Gasteiger partial charge in [-0.1, -0.05) is 60.8 Å². The lowest BCUT2D eigenvalue weighted by molar-refractivity contribution is 0.334. The predicted octanol–water partition coefficient (Wildman–Crippen LogP) is 5.36. The van der Waals surface area contributed by atoms with Crippen LogP contribution >= 0.6 is 15.9 Å². The molecule has 0 fully saturated rings. The van der Waals surface area contributed by atoms with Gasteiger partial charge < -0.3 is 5.32 Å². The quantitative estimate of drug-likeness (QED) is 0.742. The molecule has 1 atom stereocenters. The number of hydrogen-bond donors (Lipinski definition) is 1. The Kier molecular flexibility index (Phi) is 6.55. The fourth-order valence-electron chi connectivity index (χ4n) is 2.58. The lowest BCUT2D eigenvalue weighted by Gasteiger charge is -2.31. The van der Waals surface area contributed by atoms with E-state index < -0.39 is 0 Å². The van der Waals surface area contributed by atoms with Crippen LogP contribution in [0.4, 0.5) is 0 Å². The third kappa shape index (κ3) is 5.27. The van der Waals surface area contributed by atoms with Crippen molar-refractivity contribution in [2.24, 2.45) is 5.92 Å². The van der Waals surface area contributed by atoms with E-state index in [1.165, 1.54) is 22.9 Å². The van der Waals surface area contributed by atoms with Gasteiger partial charge in [0.25, 0.3) is 0 Å². The average molecular weight is 326 g/mol. The lowest BCUT2D eigenvalue weighted by Crippen LogP contribution is -2.40. The molecule has 108 valence electrons. The summed E-state index contributed by atoms with van der Waals surface area (Å²) in [5.74, 6) is 1.30. The maximum atomic E-state index is 3.72. The van der Waals surface area contributed by atoms with Crippen molar-refractivity contribution in [3.63, 3.8) is 0 Å². The van der Waals surface area contributed by atoms with Gasteiger partial charge in [0.15, 0.2) is 0 Å². The minimum absolute atomic E-state index is 0.172. The Balaban J connectivity index is 2.95. The lowest BCUT2D eigenvalue weighted by atomic mass is 9.82. The summed E-state index contributed by atoms with van der Waals surface area (Å²) in [7, 11) is 0. The number of hydrogen-bond acceptors (Lipinski definition) is 1. The van der Waals surface area contributed by atoms with Gasteiger partial charge in [0, 0.05) is 22.5 Å². The fourth-order valence-corrected chi connectivity index (χ4v) is 3.16. The molecule has 0 saturated carbocycles. The molecule has 19 heavy (non-hydrogen) atoms. The highest BCUT2D eigenvalue weighted by Gasteiger charge is 2.23. The zero-order valence-electron chi connectivity index (χ0n) is 13.0. The van der Waals surface area contributed by atoms with E-state index >= 15 is 0 Å². The van der Waals surface area contributed by atoms with Gasteiger partial charge in [-0.05, 0) is 38.3 Å². The minimum Gasteiger partial charge on any atom is -0.311 e. The van der Waals surface area contributed by atoms with E-state index in [2.05, 4.69) is 80.1 Å². The van der Waals surface area contributed by atoms with Crippen LogP contribution in [0, 0.1) is 5.92 Å². The van der Waals surface area contributed by atoms with Crippen molar-refractivity contribution in [1.29, 1.82) is 0 Å². The first-order chi connectivity index (χ1) is 8.89. The van der Waals surface area contributed by atoms with Crippen LogP contribution in [0.25, 0.3) is 0 Å². The van der Waals surface area contributed by atoms with Crippen molar-refractivity contribution >= 4 is 15.9 Å². The Bertz CT molecular complexity index is 377. The van der Waals surface area contributed by atoms with Gasteiger partial charge in [-0.2, -0.15) is 0 Å². The summed E-state index contributed by atoms with van der Waals surface area (Å²) < 4.78 is 1.24. The third-order valence-corrected chi connectivity index (χ3v) is 4.50. The van der Waals surface area contributed by atoms with Crippen LogP contribution in [0.3, 0.4) is 0 Å². The molecule has 0 radical (unpaired) electrons. The molecule has 0 spiro atoms. The Morgan fingerprint density at radius 2 is 1.68 bits per heavy atom. The highest BCUT2D eigenvalue weighted by atomic mass is 79.9. The number of rotatable bonds is 6. The van der Waals surface area contributed by atoms with Crippen molar-refractivity contribution in [2.45, 2.75) is 58.9 Å². The summed E-state index contributed by atoms with van der Waals surface area (Å²) in [5, 5.41) is 3.68. The van der Waals surface area contributed by atoms with Crippen molar-refractivity contribution in [2.75, 3.05) is 6.54 Å².